The predicted octanol–water partition coefficient (Wildman–Crippen LogP) is 2.87. The van der Waals surface area contributed by atoms with E-state index in [0.29, 0.717) is 16.7 Å². The minimum atomic E-state index is -0.415. The Morgan fingerprint density at radius 3 is 2.68 bits per heavy atom. The highest BCUT2D eigenvalue weighted by atomic mass is 32.2. The zero-order chi connectivity index (χ0) is 17.8. The Bertz CT molecular complexity index is 895. The summed E-state index contributed by atoms with van der Waals surface area (Å²) in [4.78, 5) is 10.4. The van der Waals surface area contributed by atoms with Crippen LogP contribution in [0.2, 0.25) is 0 Å². The van der Waals surface area contributed by atoms with Crippen molar-refractivity contribution in [3.63, 3.8) is 0 Å². The van der Waals surface area contributed by atoms with E-state index >= 15 is 0 Å². The van der Waals surface area contributed by atoms with Crippen LogP contribution in [0.4, 0.5) is 5.69 Å². The number of ether oxygens (including phenoxy) is 1. The second-order valence-electron chi connectivity index (χ2n) is 5.12. The van der Waals surface area contributed by atoms with Crippen LogP contribution in [0.5, 0.6) is 5.75 Å². The van der Waals surface area contributed by atoms with Crippen LogP contribution < -0.4 is 10.6 Å². The summed E-state index contributed by atoms with van der Waals surface area (Å²) >= 11 is 1.36. The van der Waals surface area contributed by atoms with Gasteiger partial charge in [0.15, 0.2) is 5.82 Å². The summed E-state index contributed by atoms with van der Waals surface area (Å²) in [6, 6.07) is 13.8. The van der Waals surface area contributed by atoms with Crippen molar-refractivity contribution in [2.45, 2.75) is 10.9 Å². The minimum absolute atomic E-state index is 0.0613. The summed E-state index contributed by atoms with van der Waals surface area (Å²) in [5, 5.41) is 19.6. The molecule has 3 aromatic rings. The molecule has 1 aromatic heterocycles. The first-order valence-corrected chi connectivity index (χ1v) is 8.28. The van der Waals surface area contributed by atoms with Gasteiger partial charge in [-0.15, -0.1) is 10.2 Å². The van der Waals surface area contributed by atoms with E-state index in [1.165, 1.54) is 28.6 Å². The average Bonchev–Trinajstić information content (AvgIpc) is 3.01. The molecule has 1 heterocycles. The van der Waals surface area contributed by atoms with E-state index in [1.54, 1.807) is 13.2 Å². The summed E-state index contributed by atoms with van der Waals surface area (Å²) in [5.74, 6) is 7.85. The first-order valence-electron chi connectivity index (χ1n) is 7.29. The fourth-order valence-electron chi connectivity index (χ4n) is 2.22. The van der Waals surface area contributed by atoms with Crippen LogP contribution in [-0.2, 0) is 5.75 Å². The third kappa shape index (κ3) is 3.72. The molecule has 3 rings (SSSR count). The Kier molecular flexibility index (Phi) is 4.85. The molecule has 0 bridgehead atoms. The third-order valence-corrected chi connectivity index (χ3v) is 4.52. The van der Waals surface area contributed by atoms with Crippen molar-refractivity contribution in [3.05, 3.63) is 64.2 Å². The Labute approximate surface area is 147 Å². The maximum atomic E-state index is 10.8. The molecule has 0 aliphatic rings. The molecule has 0 fully saturated rings. The normalized spacial score (nSPS) is 10.6. The molecule has 0 saturated heterocycles. The number of thioether (sulfide) groups is 1. The molecule has 0 radical (unpaired) electrons. The lowest BCUT2D eigenvalue weighted by atomic mass is 10.2. The van der Waals surface area contributed by atoms with Gasteiger partial charge in [0.25, 0.3) is 5.69 Å². The molecular formula is C16H15N5O3S. The number of nitrogens with two attached hydrogens (primary N) is 1. The predicted molar refractivity (Wildman–Crippen MR) is 94.8 cm³/mol. The van der Waals surface area contributed by atoms with Crippen LogP contribution >= 0.6 is 11.8 Å². The maximum absolute atomic E-state index is 10.8. The van der Waals surface area contributed by atoms with E-state index in [0.717, 1.165) is 16.9 Å². The van der Waals surface area contributed by atoms with Gasteiger partial charge in [0.2, 0.25) is 5.16 Å². The third-order valence-electron chi connectivity index (χ3n) is 3.50. The summed E-state index contributed by atoms with van der Waals surface area (Å²) in [6.07, 6.45) is 0. The van der Waals surface area contributed by atoms with Crippen molar-refractivity contribution < 1.29 is 9.66 Å². The topological polar surface area (TPSA) is 109 Å². The van der Waals surface area contributed by atoms with Gasteiger partial charge in [-0.1, -0.05) is 23.9 Å². The molecular weight excluding hydrogens is 342 g/mol. The van der Waals surface area contributed by atoms with Crippen molar-refractivity contribution in [1.29, 1.82) is 0 Å². The van der Waals surface area contributed by atoms with Gasteiger partial charge in [0.1, 0.15) is 5.75 Å². The number of rotatable bonds is 6. The van der Waals surface area contributed by atoms with E-state index in [4.69, 9.17) is 10.6 Å². The van der Waals surface area contributed by atoms with Gasteiger partial charge in [-0.2, -0.15) is 0 Å². The molecule has 25 heavy (non-hydrogen) atoms. The lowest BCUT2D eigenvalue weighted by Gasteiger charge is -2.05. The Morgan fingerprint density at radius 1 is 1.24 bits per heavy atom. The van der Waals surface area contributed by atoms with Crippen molar-refractivity contribution in [2.75, 3.05) is 13.0 Å². The summed E-state index contributed by atoms with van der Waals surface area (Å²) in [6.45, 7) is 0. The van der Waals surface area contributed by atoms with E-state index in [9.17, 15) is 10.1 Å². The molecule has 2 aromatic carbocycles. The van der Waals surface area contributed by atoms with Crippen LogP contribution in [-0.4, -0.2) is 26.9 Å². The van der Waals surface area contributed by atoms with Crippen LogP contribution in [0.3, 0.4) is 0 Å². The Morgan fingerprint density at radius 2 is 2.00 bits per heavy atom. The van der Waals surface area contributed by atoms with E-state index in [1.807, 2.05) is 30.3 Å². The number of nitrogens with zero attached hydrogens (tertiary/aromatic N) is 4. The van der Waals surface area contributed by atoms with Gasteiger partial charge < -0.3 is 10.6 Å². The van der Waals surface area contributed by atoms with Crippen molar-refractivity contribution in [3.8, 4) is 17.1 Å². The van der Waals surface area contributed by atoms with Gasteiger partial charge in [-0.3, -0.25) is 10.1 Å². The zero-order valence-electron chi connectivity index (χ0n) is 13.3. The van der Waals surface area contributed by atoms with Crippen molar-refractivity contribution in [1.82, 2.24) is 14.9 Å². The molecule has 9 heteroatoms. The van der Waals surface area contributed by atoms with Gasteiger partial charge in [-0.05, 0) is 29.8 Å². The molecule has 8 nitrogen and oxygen atoms in total. The number of non-ortho nitro benzene ring substituents is 1. The first-order chi connectivity index (χ1) is 12.1. The van der Waals surface area contributed by atoms with Crippen LogP contribution in [0.1, 0.15) is 5.56 Å². The number of benzene rings is 2. The van der Waals surface area contributed by atoms with Crippen molar-refractivity contribution >= 4 is 17.4 Å². The quantitative estimate of drug-likeness (QED) is 0.313. The number of aromatic nitrogens is 3. The van der Waals surface area contributed by atoms with E-state index in [-0.39, 0.29) is 5.69 Å². The fraction of sp³-hybridized carbons (Fsp3) is 0.125. The molecule has 0 amide bonds. The zero-order valence-corrected chi connectivity index (χ0v) is 14.1. The lowest BCUT2D eigenvalue weighted by Crippen LogP contribution is -2.11. The molecule has 0 saturated carbocycles. The van der Waals surface area contributed by atoms with Gasteiger partial charge in [0, 0.05) is 23.4 Å². The minimum Gasteiger partial charge on any atom is -0.497 e. The number of nitro benzene ring substituents is 1. The van der Waals surface area contributed by atoms with Gasteiger partial charge in [0.05, 0.1) is 12.0 Å². The summed E-state index contributed by atoms with van der Waals surface area (Å²) in [7, 11) is 1.60. The Balaban J connectivity index is 1.75. The van der Waals surface area contributed by atoms with Crippen LogP contribution in [0.25, 0.3) is 11.4 Å². The second kappa shape index (κ2) is 7.22. The molecule has 0 aliphatic heterocycles. The standard InChI is InChI=1S/C16H15N5O3S/c1-24-14-7-5-12(6-8-14)15-18-19-16(20(15)17)25-10-11-3-2-4-13(9-11)21(22)23/h2-9H,10,17H2,1H3. The van der Waals surface area contributed by atoms with Crippen LogP contribution in [0, 0.1) is 10.1 Å². The largest absolute Gasteiger partial charge is 0.497 e. The smallest absolute Gasteiger partial charge is 0.269 e. The number of nitrogen functional groups attached to an aromatic ring is 1. The number of nitro groups is 1. The number of methoxy groups -OCH3 is 1. The molecule has 0 atom stereocenters. The highest BCUT2D eigenvalue weighted by molar-refractivity contribution is 7.98. The maximum Gasteiger partial charge on any atom is 0.269 e. The van der Waals surface area contributed by atoms with E-state index in [2.05, 4.69) is 10.2 Å². The molecule has 0 aliphatic carbocycles. The van der Waals surface area contributed by atoms with Crippen molar-refractivity contribution in [2.24, 2.45) is 0 Å². The Hall–Kier alpha value is -3.07. The highest BCUT2D eigenvalue weighted by Crippen LogP contribution is 2.26. The number of hydrogen-bond donors (Lipinski definition) is 1. The van der Waals surface area contributed by atoms with Gasteiger partial charge >= 0.3 is 0 Å². The summed E-state index contributed by atoms with van der Waals surface area (Å²) in [5.41, 5.74) is 1.69. The molecule has 0 spiro atoms. The molecule has 2 N–H and O–H groups in total. The van der Waals surface area contributed by atoms with Gasteiger partial charge in [-0.25, -0.2) is 4.68 Å². The monoisotopic (exact) mass is 357 g/mol. The average molecular weight is 357 g/mol. The van der Waals surface area contributed by atoms with E-state index < -0.39 is 4.92 Å². The fourth-order valence-corrected chi connectivity index (χ4v) is 3.02. The second-order valence-corrected chi connectivity index (χ2v) is 6.06. The lowest BCUT2D eigenvalue weighted by molar-refractivity contribution is -0.384. The molecule has 0 unspecified atom stereocenters. The molecule has 128 valence electrons. The highest BCUT2D eigenvalue weighted by Gasteiger charge is 2.13. The first kappa shape index (κ1) is 16.8. The number of hydrogen-bond acceptors (Lipinski definition) is 7. The van der Waals surface area contributed by atoms with Crippen LogP contribution in [0.15, 0.2) is 53.7 Å². The summed E-state index contributed by atoms with van der Waals surface area (Å²) < 4.78 is 6.53. The SMILES string of the molecule is COc1ccc(-c2nnc(SCc3cccc([N+](=O)[O-])c3)n2N)cc1.